The third-order valence-corrected chi connectivity index (χ3v) is 1.94. The molecular formula is C8H15N3OS. The summed E-state index contributed by atoms with van der Waals surface area (Å²) in [7, 11) is 3.50. The minimum Gasteiger partial charge on any atom is -0.383 e. The summed E-state index contributed by atoms with van der Waals surface area (Å²) >= 11 is 5.05. The van der Waals surface area contributed by atoms with E-state index in [9.17, 15) is 0 Å². The first-order valence-electron chi connectivity index (χ1n) is 4.07. The van der Waals surface area contributed by atoms with E-state index in [0.717, 1.165) is 0 Å². The van der Waals surface area contributed by atoms with E-state index in [1.165, 1.54) is 0 Å². The van der Waals surface area contributed by atoms with Crippen LogP contribution in [-0.2, 0) is 4.74 Å². The molecule has 0 amide bonds. The SMILES string of the molecule is COCCNC(=S)N(C)CCC#N. The van der Waals surface area contributed by atoms with Crippen LogP contribution in [0.1, 0.15) is 6.42 Å². The summed E-state index contributed by atoms with van der Waals surface area (Å²) in [5.41, 5.74) is 0. The molecule has 4 nitrogen and oxygen atoms in total. The Hall–Kier alpha value is -0.860. The highest BCUT2D eigenvalue weighted by Gasteiger charge is 2.01. The molecule has 0 rings (SSSR count). The second kappa shape index (κ2) is 7.77. The molecule has 0 spiro atoms. The molecule has 0 aromatic carbocycles. The van der Waals surface area contributed by atoms with Gasteiger partial charge in [-0.3, -0.25) is 0 Å². The number of hydrogen-bond donors (Lipinski definition) is 1. The topological polar surface area (TPSA) is 48.3 Å². The number of nitrogens with one attached hydrogen (secondary N) is 1. The Morgan fingerprint density at radius 2 is 2.38 bits per heavy atom. The maximum absolute atomic E-state index is 8.35. The Balaban J connectivity index is 3.52. The second-order valence-corrected chi connectivity index (χ2v) is 2.94. The average molecular weight is 201 g/mol. The van der Waals surface area contributed by atoms with Gasteiger partial charge in [-0.15, -0.1) is 0 Å². The van der Waals surface area contributed by atoms with Gasteiger partial charge >= 0.3 is 0 Å². The van der Waals surface area contributed by atoms with Crippen LogP contribution in [0.3, 0.4) is 0 Å². The number of ether oxygens (including phenoxy) is 1. The van der Waals surface area contributed by atoms with Crippen LogP contribution in [0.4, 0.5) is 0 Å². The molecule has 0 aromatic heterocycles. The van der Waals surface area contributed by atoms with E-state index < -0.39 is 0 Å². The minimum absolute atomic E-state index is 0.489. The zero-order valence-electron chi connectivity index (χ0n) is 8.04. The lowest BCUT2D eigenvalue weighted by Gasteiger charge is -2.19. The minimum atomic E-state index is 0.489. The quantitative estimate of drug-likeness (QED) is 0.514. The summed E-state index contributed by atoms with van der Waals surface area (Å²) in [4.78, 5) is 1.84. The molecule has 0 aliphatic heterocycles. The fourth-order valence-corrected chi connectivity index (χ4v) is 0.908. The summed E-state index contributed by atoms with van der Waals surface area (Å²) in [6.45, 7) is 1.99. The first kappa shape index (κ1) is 12.1. The molecule has 0 unspecified atom stereocenters. The van der Waals surface area contributed by atoms with Crippen molar-refractivity contribution in [2.75, 3.05) is 33.9 Å². The lowest BCUT2D eigenvalue weighted by molar-refractivity contribution is 0.203. The third kappa shape index (κ3) is 6.31. The molecule has 74 valence electrons. The Morgan fingerprint density at radius 1 is 1.69 bits per heavy atom. The largest absolute Gasteiger partial charge is 0.383 e. The van der Waals surface area contributed by atoms with Crippen molar-refractivity contribution >= 4 is 17.3 Å². The van der Waals surface area contributed by atoms with Crippen molar-refractivity contribution in [3.8, 4) is 6.07 Å². The van der Waals surface area contributed by atoms with Crippen molar-refractivity contribution in [3.63, 3.8) is 0 Å². The van der Waals surface area contributed by atoms with Gasteiger partial charge in [-0.05, 0) is 12.2 Å². The van der Waals surface area contributed by atoms with E-state index >= 15 is 0 Å². The summed E-state index contributed by atoms with van der Waals surface area (Å²) < 4.78 is 4.86. The fourth-order valence-electron chi connectivity index (χ4n) is 0.714. The van der Waals surface area contributed by atoms with Gasteiger partial charge < -0.3 is 15.0 Å². The predicted molar refractivity (Wildman–Crippen MR) is 55.3 cm³/mol. The maximum Gasteiger partial charge on any atom is 0.168 e. The van der Waals surface area contributed by atoms with E-state index in [4.69, 9.17) is 22.2 Å². The van der Waals surface area contributed by atoms with Crippen molar-refractivity contribution < 1.29 is 4.74 Å². The molecule has 1 N–H and O–H groups in total. The zero-order chi connectivity index (χ0) is 10.1. The van der Waals surface area contributed by atoms with Crippen molar-refractivity contribution in [3.05, 3.63) is 0 Å². The zero-order valence-corrected chi connectivity index (χ0v) is 8.86. The van der Waals surface area contributed by atoms with E-state index in [-0.39, 0.29) is 0 Å². The number of nitrogens with zero attached hydrogens (tertiary/aromatic N) is 2. The lowest BCUT2D eigenvalue weighted by atomic mass is 10.4. The molecule has 0 aliphatic carbocycles. The molecule has 0 radical (unpaired) electrons. The molecule has 0 aliphatic rings. The van der Waals surface area contributed by atoms with Crippen molar-refractivity contribution in [2.24, 2.45) is 0 Å². The van der Waals surface area contributed by atoms with Gasteiger partial charge in [0.25, 0.3) is 0 Å². The van der Waals surface area contributed by atoms with Crippen LogP contribution in [0.25, 0.3) is 0 Å². The highest BCUT2D eigenvalue weighted by molar-refractivity contribution is 7.80. The highest BCUT2D eigenvalue weighted by Crippen LogP contribution is 1.87. The van der Waals surface area contributed by atoms with E-state index in [2.05, 4.69) is 11.4 Å². The molecule has 0 fully saturated rings. The van der Waals surface area contributed by atoms with Gasteiger partial charge in [-0.2, -0.15) is 5.26 Å². The second-order valence-electron chi connectivity index (χ2n) is 2.55. The number of methoxy groups -OCH3 is 1. The van der Waals surface area contributed by atoms with Crippen LogP contribution in [0.2, 0.25) is 0 Å². The van der Waals surface area contributed by atoms with Crippen LogP contribution in [0, 0.1) is 11.3 Å². The van der Waals surface area contributed by atoms with Gasteiger partial charge in [0.2, 0.25) is 0 Å². The van der Waals surface area contributed by atoms with Gasteiger partial charge in [0.15, 0.2) is 5.11 Å². The normalized spacial score (nSPS) is 9.00. The molecule has 0 aromatic rings. The molecule has 0 heterocycles. The highest BCUT2D eigenvalue weighted by atomic mass is 32.1. The molecule has 0 atom stereocenters. The van der Waals surface area contributed by atoms with Crippen molar-refractivity contribution in [2.45, 2.75) is 6.42 Å². The van der Waals surface area contributed by atoms with Crippen molar-refractivity contribution in [1.29, 1.82) is 5.26 Å². The Morgan fingerprint density at radius 3 is 2.92 bits per heavy atom. The number of nitriles is 1. The summed E-state index contributed by atoms with van der Waals surface area (Å²) in [6.07, 6.45) is 0.489. The Bertz CT molecular complexity index is 190. The summed E-state index contributed by atoms with van der Waals surface area (Å²) in [5.74, 6) is 0. The maximum atomic E-state index is 8.35. The first-order chi connectivity index (χ1) is 6.22. The van der Waals surface area contributed by atoms with E-state index in [1.54, 1.807) is 7.11 Å². The first-order valence-corrected chi connectivity index (χ1v) is 4.48. The van der Waals surface area contributed by atoms with E-state index in [0.29, 0.717) is 31.2 Å². The van der Waals surface area contributed by atoms with Gasteiger partial charge in [-0.25, -0.2) is 0 Å². The molecule has 13 heavy (non-hydrogen) atoms. The number of rotatable bonds is 5. The smallest absolute Gasteiger partial charge is 0.168 e. The molecule has 5 heteroatoms. The van der Waals surface area contributed by atoms with Crippen LogP contribution in [-0.4, -0.2) is 43.9 Å². The third-order valence-electron chi connectivity index (χ3n) is 1.49. The Kier molecular flexibility index (Phi) is 7.26. The van der Waals surface area contributed by atoms with Gasteiger partial charge in [-0.1, -0.05) is 0 Å². The van der Waals surface area contributed by atoms with Crippen molar-refractivity contribution in [1.82, 2.24) is 10.2 Å². The molecule has 0 saturated heterocycles. The van der Waals surface area contributed by atoms with Gasteiger partial charge in [0.05, 0.1) is 19.1 Å². The molecule has 0 bridgehead atoms. The Labute approximate surface area is 84.5 Å². The van der Waals surface area contributed by atoms with Crippen LogP contribution < -0.4 is 5.32 Å². The summed E-state index contributed by atoms with van der Waals surface area (Å²) in [6, 6.07) is 2.07. The van der Waals surface area contributed by atoms with Crippen LogP contribution in [0.5, 0.6) is 0 Å². The average Bonchev–Trinajstić information content (AvgIpc) is 2.14. The van der Waals surface area contributed by atoms with E-state index in [1.807, 2.05) is 11.9 Å². The fraction of sp³-hybridized carbons (Fsp3) is 0.750. The number of hydrogen-bond acceptors (Lipinski definition) is 3. The van der Waals surface area contributed by atoms with Crippen LogP contribution in [0.15, 0.2) is 0 Å². The molecule has 0 saturated carbocycles. The lowest BCUT2D eigenvalue weighted by Crippen LogP contribution is -2.38. The van der Waals surface area contributed by atoms with Gasteiger partial charge in [0, 0.05) is 27.2 Å². The molecular weight excluding hydrogens is 186 g/mol. The van der Waals surface area contributed by atoms with Crippen LogP contribution >= 0.6 is 12.2 Å². The summed E-state index contributed by atoms with van der Waals surface area (Å²) in [5, 5.41) is 12.0. The van der Waals surface area contributed by atoms with Gasteiger partial charge in [0.1, 0.15) is 0 Å². The predicted octanol–water partition coefficient (Wildman–Crippen LogP) is 0.353. The standard InChI is InChI=1S/C8H15N3OS/c1-11(6-3-4-9)8(13)10-5-7-12-2/h3,5-7H2,1-2H3,(H,10,13). The monoisotopic (exact) mass is 201 g/mol. The number of thiocarbonyl (C=S) groups is 1.